The van der Waals surface area contributed by atoms with Crippen molar-refractivity contribution in [2.45, 2.75) is 18.7 Å². The molecule has 0 spiro atoms. The number of carbonyl (C=O) groups excluding carboxylic acids is 1. The maximum atomic E-state index is 12.3. The monoisotopic (exact) mass is 338 g/mol. The number of carbonyl (C=O) groups is 1. The number of primary sulfonamides is 1. The largest absolute Gasteiger partial charge is 0.322 e. The molecular formula is C15H15ClN2O3S. The third-order valence-corrected chi connectivity index (χ3v) is 4.37. The zero-order valence-electron chi connectivity index (χ0n) is 12.1. The van der Waals surface area contributed by atoms with Gasteiger partial charge in [-0.15, -0.1) is 0 Å². The van der Waals surface area contributed by atoms with Crippen molar-refractivity contribution in [2.24, 2.45) is 5.14 Å². The summed E-state index contributed by atoms with van der Waals surface area (Å²) in [6.07, 6.45) is 0. The van der Waals surface area contributed by atoms with E-state index in [0.717, 1.165) is 5.56 Å². The lowest BCUT2D eigenvalue weighted by Gasteiger charge is -2.09. The molecule has 3 N–H and O–H groups in total. The summed E-state index contributed by atoms with van der Waals surface area (Å²) < 4.78 is 22.9. The summed E-state index contributed by atoms with van der Waals surface area (Å²) in [5.41, 5.74) is 2.25. The molecule has 1 amide bonds. The molecule has 116 valence electrons. The molecule has 2 rings (SSSR count). The third kappa shape index (κ3) is 3.85. The van der Waals surface area contributed by atoms with Crippen LogP contribution < -0.4 is 10.5 Å². The van der Waals surface area contributed by atoms with Gasteiger partial charge in [0.25, 0.3) is 5.91 Å². The maximum Gasteiger partial charge on any atom is 0.255 e. The fourth-order valence-corrected chi connectivity index (χ4v) is 2.74. The van der Waals surface area contributed by atoms with E-state index in [2.05, 4.69) is 5.32 Å². The molecule has 0 aliphatic heterocycles. The first-order valence-electron chi connectivity index (χ1n) is 6.39. The fourth-order valence-electron chi connectivity index (χ4n) is 1.92. The molecule has 0 saturated carbocycles. The van der Waals surface area contributed by atoms with Gasteiger partial charge in [0.2, 0.25) is 10.0 Å². The van der Waals surface area contributed by atoms with E-state index in [1.165, 1.54) is 12.1 Å². The van der Waals surface area contributed by atoms with Crippen LogP contribution in [-0.4, -0.2) is 14.3 Å². The minimum absolute atomic E-state index is 0.0976. The van der Waals surface area contributed by atoms with Gasteiger partial charge in [-0.1, -0.05) is 17.7 Å². The Morgan fingerprint density at radius 1 is 1.14 bits per heavy atom. The standard InChI is InChI=1S/C15H15ClN2O3S/c1-9-5-11(7-13(6-9)22(17,20)21)15(19)18-12-4-3-10(2)14(16)8-12/h3-8H,1-2H3,(H,18,19)(H2,17,20,21). The number of sulfonamides is 1. The Morgan fingerprint density at radius 3 is 2.41 bits per heavy atom. The van der Waals surface area contributed by atoms with Crippen LogP contribution in [0.5, 0.6) is 0 Å². The van der Waals surface area contributed by atoms with Gasteiger partial charge >= 0.3 is 0 Å². The van der Waals surface area contributed by atoms with Crippen molar-refractivity contribution in [1.82, 2.24) is 0 Å². The molecule has 0 saturated heterocycles. The fraction of sp³-hybridized carbons (Fsp3) is 0.133. The Kier molecular flexibility index (Phi) is 4.55. The molecular weight excluding hydrogens is 324 g/mol. The van der Waals surface area contributed by atoms with Crippen LogP contribution in [0.3, 0.4) is 0 Å². The van der Waals surface area contributed by atoms with E-state index in [1.54, 1.807) is 31.2 Å². The van der Waals surface area contributed by atoms with Crippen LogP contribution in [-0.2, 0) is 10.0 Å². The second-order valence-electron chi connectivity index (χ2n) is 5.00. The van der Waals surface area contributed by atoms with Gasteiger partial charge < -0.3 is 5.32 Å². The Bertz CT molecular complexity index is 848. The molecule has 0 aromatic heterocycles. The summed E-state index contributed by atoms with van der Waals surface area (Å²) in [4.78, 5) is 12.2. The van der Waals surface area contributed by atoms with Crippen molar-refractivity contribution < 1.29 is 13.2 Å². The predicted octanol–water partition coefficient (Wildman–Crippen LogP) is 2.86. The average molecular weight is 339 g/mol. The summed E-state index contributed by atoms with van der Waals surface area (Å²) in [6.45, 7) is 3.54. The molecule has 0 unspecified atom stereocenters. The molecule has 0 fully saturated rings. The van der Waals surface area contributed by atoms with Crippen molar-refractivity contribution in [3.05, 3.63) is 58.1 Å². The van der Waals surface area contributed by atoms with Gasteiger partial charge in [-0.3, -0.25) is 4.79 Å². The number of rotatable bonds is 3. The van der Waals surface area contributed by atoms with Crippen LogP contribution in [0.4, 0.5) is 5.69 Å². The molecule has 2 aromatic rings. The molecule has 7 heteroatoms. The maximum absolute atomic E-state index is 12.3. The molecule has 2 aromatic carbocycles. The molecule has 0 heterocycles. The van der Waals surface area contributed by atoms with E-state index in [-0.39, 0.29) is 10.5 Å². The van der Waals surface area contributed by atoms with Crippen LogP contribution in [0.2, 0.25) is 5.02 Å². The number of halogens is 1. The lowest BCUT2D eigenvalue weighted by molar-refractivity contribution is 0.102. The molecule has 0 aliphatic carbocycles. The lowest BCUT2D eigenvalue weighted by atomic mass is 10.1. The molecule has 22 heavy (non-hydrogen) atoms. The van der Waals surface area contributed by atoms with Gasteiger partial charge in [-0.25, -0.2) is 13.6 Å². The van der Waals surface area contributed by atoms with Crippen LogP contribution in [0.1, 0.15) is 21.5 Å². The molecule has 0 atom stereocenters. The van der Waals surface area contributed by atoms with Crippen molar-refractivity contribution in [3.63, 3.8) is 0 Å². The number of nitrogens with two attached hydrogens (primary N) is 1. The number of nitrogens with one attached hydrogen (secondary N) is 1. The molecule has 0 aliphatic rings. The van der Waals surface area contributed by atoms with Gasteiger partial charge in [0.1, 0.15) is 0 Å². The predicted molar refractivity (Wildman–Crippen MR) is 86.7 cm³/mol. The topological polar surface area (TPSA) is 89.3 Å². The quantitative estimate of drug-likeness (QED) is 0.901. The highest BCUT2D eigenvalue weighted by Gasteiger charge is 2.14. The van der Waals surface area contributed by atoms with Gasteiger partial charge in [0, 0.05) is 16.3 Å². The number of hydrogen-bond donors (Lipinski definition) is 2. The molecule has 5 nitrogen and oxygen atoms in total. The van der Waals surface area contributed by atoms with Crippen LogP contribution in [0.15, 0.2) is 41.3 Å². The summed E-state index contributed by atoms with van der Waals surface area (Å²) in [5.74, 6) is -0.437. The second kappa shape index (κ2) is 6.08. The number of benzene rings is 2. The average Bonchev–Trinajstić information content (AvgIpc) is 2.41. The SMILES string of the molecule is Cc1cc(C(=O)Nc2ccc(C)c(Cl)c2)cc(S(N)(=O)=O)c1. The number of aryl methyl sites for hydroxylation is 2. The zero-order chi connectivity index (χ0) is 16.5. The minimum atomic E-state index is -3.87. The first-order valence-corrected chi connectivity index (χ1v) is 8.31. The Hall–Kier alpha value is -1.89. The highest BCUT2D eigenvalue weighted by molar-refractivity contribution is 7.89. The van der Waals surface area contributed by atoms with Crippen LogP contribution in [0, 0.1) is 13.8 Å². The number of anilines is 1. The Labute approximate surface area is 134 Å². The minimum Gasteiger partial charge on any atom is -0.322 e. The van der Waals surface area contributed by atoms with E-state index in [9.17, 15) is 13.2 Å². The highest BCUT2D eigenvalue weighted by Crippen LogP contribution is 2.21. The van der Waals surface area contributed by atoms with Gasteiger partial charge in [0.15, 0.2) is 0 Å². The first kappa shape index (κ1) is 16.5. The van der Waals surface area contributed by atoms with Crippen LogP contribution >= 0.6 is 11.6 Å². The van der Waals surface area contributed by atoms with E-state index in [0.29, 0.717) is 16.3 Å². The van der Waals surface area contributed by atoms with Crippen molar-refractivity contribution >= 4 is 33.2 Å². The summed E-state index contributed by atoms with van der Waals surface area (Å²) in [7, 11) is -3.87. The Balaban J connectivity index is 2.33. The number of amides is 1. The lowest BCUT2D eigenvalue weighted by Crippen LogP contribution is -2.16. The summed E-state index contributed by atoms with van der Waals surface area (Å²) in [5, 5.41) is 8.31. The normalized spacial score (nSPS) is 11.3. The van der Waals surface area contributed by atoms with Gasteiger partial charge in [0.05, 0.1) is 4.90 Å². The second-order valence-corrected chi connectivity index (χ2v) is 6.97. The smallest absolute Gasteiger partial charge is 0.255 e. The highest BCUT2D eigenvalue weighted by atomic mass is 35.5. The number of hydrogen-bond acceptors (Lipinski definition) is 3. The van der Waals surface area contributed by atoms with Crippen molar-refractivity contribution in [1.29, 1.82) is 0 Å². The van der Waals surface area contributed by atoms with Crippen molar-refractivity contribution in [3.8, 4) is 0 Å². The van der Waals surface area contributed by atoms with E-state index >= 15 is 0 Å². The van der Waals surface area contributed by atoms with Crippen molar-refractivity contribution in [2.75, 3.05) is 5.32 Å². The van der Waals surface area contributed by atoms with E-state index < -0.39 is 15.9 Å². The molecule has 0 bridgehead atoms. The first-order chi connectivity index (χ1) is 10.2. The Morgan fingerprint density at radius 2 is 1.82 bits per heavy atom. The third-order valence-electron chi connectivity index (χ3n) is 3.07. The van der Waals surface area contributed by atoms with E-state index in [1.807, 2.05) is 6.92 Å². The zero-order valence-corrected chi connectivity index (χ0v) is 13.6. The van der Waals surface area contributed by atoms with Gasteiger partial charge in [-0.05, 0) is 55.3 Å². The van der Waals surface area contributed by atoms with Gasteiger partial charge in [-0.2, -0.15) is 0 Å². The molecule has 0 radical (unpaired) electrons. The van der Waals surface area contributed by atoms with Crippen LogP contribution in [0.25, 0.3) is 0 Å². The van der Waals surface area contributed by atoms with E-state index in [4.69, 9.17) is 16.7 Å². The summed E-state index contributed by atoms with van der Waals surface area (Å²) >= 11 is 6.01. The summed E-state index contributed by atoms with van der Waals surface area (Å²) in [6, 6.07) is 9.37.